The predicted octanol–water partition coefficient (Wildman–Crippen LogP) is 0.0904. The average molecular weight is 191 g/mol. The molecule has 0 aliphatic carbocycles. The van der Waals surface area contributed by atoms with Gasteiger partial charge in [-0.05, 0) is 13.0 Å². The molecule has 0 spiro atoms. The maximum Gasteiger partial charge on any atom is 0.0697 e. The molecule has 0 atom stereocenters. The highest BCUT2D eigenvalue weighted by Crippen LogP contribution is 2.16. The Hall–Kier alpha value is 0.230. The Morgan fingerprint density at radius 1 is 1.42 bits per heavy atom. The van der Waals surface area contributed by atoms with Crippen molar-refractivity contribution < 1.29 is 9.84 Å². The molecule has 1 saturated heterocycles. The predicted molar refractivity (Wildman–Crippen MR) is 51.6 cm³/mol. The van der Waals surface area contributed by atoms with Gasteiger partial charge in [0.05, 0.1) is 13.2 Å². The summed E-state index contributed by atoms with van der Waals surface area (Å²) in [5.41, 5.74) is 0. The molecule has 1 heterocycles. The molecule has 0 bridgehead atoms. The van der Waals surface area contributed by atoms with E-state index < -0.39 is 0 Å². The lowest BCUT2D eigenvalue weighted by Gasteiger charge is -2.25. The zero-order valence-corrected chi connectivity index (χ0v) is 8.11. The van der Waals surface area contributed by atoms with Crippen molar-refractivity contribution in [3.63, 3.8) is 0 Å². The van der Waals surface area contributed by atoms with Crippen molar-refractivity contribution in [1.82, 2.24) is 5.32 Å². The van der Waals surface area contributed by atoms with E-state index in [4.69, 9.17) is 9.84 Å². The van der Waals surface area contributed by atoms with E-state index in [0.717, 1.165) is 25.6 Å². The molecule has 1 aliphatic rings. The Morgan fingerprint density at radius 3 is 2.83 bits per heavy atom. The first-order valence-electron chi connectivity index (χ1n) is 4.43. The third-order valence-electron chi connectivity index (χ3n) is 1.77. The van der Waals surface area contributed by atoms with Crippen LogP contribution in [0.3, 0.4) is 0 Å². The van der Waals surface area contributed by atoms with Crippen molar-refractivity contribution in [3.05, 3.63) is 0 Å². The van der Waals surface area contributed by atoms with Crippen molar-refractivity contribution in [2.75, 3.05) is 37.9 Å². The van der Waals surface area contributed by atoms with Gasteiger partial charge in [-0.15, -0.1) is 0 Å². The number of ether oxygens (including phenoxy) is 1. The summed E-state index contributed by atoms with van der Waals surface area (Å²) < 4.78 is 5.12. The van der Waals surface area contributed by atoms with Crippen LogP contribution in [0.15, 0.2) is 0 Å². The Labute approximate surface area is 77.9 Å². The third kappa shape index (κ3) is 4.30. The van der Waals surface area contributed by atoms with Crippen LogP contribution in [-0.4, -0.2) is 49.0 Å². The highest BCUT2D eigenvalue weighted by molar-refractivity contribution is 8.00. The Morgan fingerprint density at radius 2 is 2.25 bits per heavy atom. The fraction of sp³-hybridized carbons (Fsp3) is 1.00. The molecular formula is C8H17NO2S. The second-order valence-electron chi connectivity index (χ2n) is 2.88. The minimum atomic E-state index is 0.132. The first-order valence-corrected chi connectivity index (χ1v) is 5.58. The van der Waals surface area contributed by atoms with Crippen molar-refractivity contribution in [3.8, 4) is 0 Å². The van der Waals surface area contributed by atoms with Gasteiger partial charge in [0.25, 0.3) is 0 Å². The lowest BCUT2D eigenvalue weighted by molar-refractivity contribution is 0.0905. The number of aliphatic hydroxyl groups is 1. The van der Waals surface area contributed by atoms with E-state index in [2.05, 4.69) is 5.32 Å². The molecule has 1 aliphatic heterocycles. The number of thioether (sulfide) groups is 1. The summed E-state index contributed by atoms with van der Waals surface area (Å²) in [6, 6.07) is 0.743. The first-order chi connectivity index (χ1) is 5.93. The topological polar surface area (TPSA) is 41.5 Å². The number of hydrogen-bond acceptors (Lipinski definition) is 4. The molecule has 0 aromatic rings. The number of hydrogen-bond donors (Lipinski definition) is 2. The monoisotopic (exact) mass is 191 g/mol. The Balaban J connectivity index is 1.70. The summed E-state index contributed by atoms with van der Waals surface area (Å²) in [5, 5.41) is 11.8. The molecule has 0 saturated carbocycles. The summed E-state index contributed by atoms with van der Waals surface area (Å²) in [5.74, 6) is 2.52. The van der Waals surface area contributed by atoms with E-state index >= 15 is 0 Å². The van der Waals surface area contributed by atoms with Crippen LogP contribution in [0.5, 0.6) is 0 Å². The second kappa shape index (κ2) is 6.71. The van der Waals surface area contributed by atoms with Gasteiger partial charge in [-0.25, -0.2) is 0 Å². The molecule has 3 nitrogen and oxygen atoms in total. The molecule has 0 unspecified atom stereocenters. The fourth-order valence-electron chi connectivity index (χ4n) is 1.00. The lowest BCUT2D eigenvalue weighted by Crippen LogP contribution is -2.40. The molecule has 2 N–H and O–H groups in total. The van der Waals surface area contributed by atoms with Crippen molar-refractivity contribution in [1.29, 1.82) is 0 Å². The van der Waals surface area contributed by atoms with Crippen LogP contribution in [0.1, 0.15) is 6.42 Å². The van der Waals surface area contributed by atoms with Crippen LogP contribution in [-0.2, 0) is 4.74 Å². The van der Waals surface area contributed by atoms with E-state index in [-0.39, 0.29) is 6.61 Å². The van der Waals surface area contributed by atoms with Gasteiger partial charge in [-0.1, -0.05) is 0 Å². The Bertz CT molecular complexity index is 109. The molecule has 0 aromatic heterocycles. The van der Waals surface area contributed by atoms with E-state index in [9.17, 15) is 0 Å². The zero-order valence-electron chi connectivity index (χ0n) is 7.29. The van der Waals surface area contributed by atoms with E-state index in [1.54, 1.807) is 0 Å². The lowest BCUT2D eigenvalue weighted by atomic mass is 10.3. The minimum absolute atomic E-state index is 0.132. The molecule has 0 amide bonds. The summed E-state index contributed by atoms with van der Waals surface area (Å²) in [4.78, 5) is 0. The summed E-state index contributed by atoms with van der Waals surface area (Å²) >= 11 is 1.99. The molecular weight excluding hydrogens is 174 g/mol. The first kappa shape index (κ1) is 10.3. The molecule has 0 aromatic carbocycles. The minimum Gasteiger partial charge on any atom is -0.394 e. The molecule has 1 rings (SSSR count). The maximum atomic E-state index is 8.41. The van der Waals surface area contributed by atoms with Crippen LogP contribution in [0, 0.1) is 0 Å². The summed E-state index contributed by atoms with van der Waals surface area (Å²) in [7, 11) is 0. The molecule has 72 valence electrons. The van der Waals surface area contributed by atoms with E-state index in [0.29, 0.717) is 6.61 Å². The number of rotatable bonds is 7. The van der Waals surface area contributed by atoms with E-state index in [1.807, 2.05) is 11.8 Å². The van der Waals surface area contributed by atoms with E-state index in [1.165, 1.54) is 11.5 Å². The fourth-order valence-corrected chi connectivity index (χ4v) is 1.71. The third-order valence-corrected chi connectivity index (χ3v) is 3.05. The van der Waals surface area contributed by atoms with Crippen LogP contribution in [0.4, 0.5) is 0 Å². The molecule has 0 radical (unpaired) electrons. The highest BCUT2D eigenvalue weighted by atomic mass is 32.2. The van der Waals surface area contributed by atoms with Gasteiger partial charge in [-0.2, -0.15) is 11.8 Å². The van der Waals surface area contributed by atoms with Crippen LogP contribution < -0.4 is 5.32 Å². The number of nitrogens with one attached hydrogen (secondary N) is 1. The van der Waals surface area contributed by atoms with Crippen molar-refractivity contribution in [2.45, 2.75) is 12.5 Å². The van der Waals surface area contributed by atoms with Gasteiger partial charge in [0, 0.05) is 24.2 Å². The largest absolute Gasteiger partial charge is 0.394 e. The highest BCUT2D eigenvalue weighted by Gasteiger charge is 2.15. The van der Waals surface area contributed by atoms with Gasteiger partial charge in [-0.3, -0.25) is 0 Å². The smallest absolute Gasteiger partial charge is 0.0697 e. The SMILES string of the molecule is OCCOCCCNC1CSC1. The number of aliphatic hydroxyl groups excluding tert-OH is 1. The summed E-state index contributed by atoms with van der Waals surface area (Å²) in [6.07, 6.45) is 1.04. The second-order valence-corrected chi connectivity index (χ2v) is 3.95. The maximum absolute atomic E-state index is 8.41. The standard InChI is InChI=1S/C8H17NO2S/c10-3-5-11-4-1-2-9-8-6-12-7-8/h8-10H,1-7H2. The van der Waals surface area contributed by atoms with Crippen LogP contribution >= 0.6 is 11.8 Å². The molecule has 1 fully saturated rings. The molecule has 12 heavy (non-hydrogen) atoms. The molecule has 4 heteroatoms. The zero-order chi connectivity index (χ0) is 8.65. The summed E-state index contributed by atoms with van der Waals surface area (Å²) in [6.45, 7) is 2.40. The van der Waals surface area contributed by atoms with Crippen LogP contribution in [0.2, 0.25) is 0 Å². The Kier molecular flexibility index (Phi) is 5.77. The van der Waals surface area contributed by atoms with Gasteiger partial charge < -0.3 is 15.2 Å². The quantitative estimate of drug-likeness (QED) is 0.560. The van der Waals surface area contributed by atoms with Crippen molar-refractivity contribution >= 4 is 11.8 Å². The average Bonchev–Trinajstić information content (AvgIpc) is 2.00. The van der Waals surface area contributed by atoms with Crippen LogP contribution in [0.25, 0.3) is 0 Å². The van der Waals surface area contributed by atoms with Gasteiger partial charge in [0.2, 0.25) is 0 Å². The normalized spacial score (nSPS) is 17.8. The van der Waals surface area contributed by atoms with Gasteiger partial charge in [0.1, 0.15) is 0 Å². The van der Waals surface area contributed by atoms with Crippen molar-refractivity contribution in [2.24, 2.45) is 0 Å². The van der Waals surface area contributed by atoms with Gasteiger partial charge >= 0.3 is 0 Å². The van der Waals surface area contributed by atoms with Gasteiger partial charge in [0.15, 0.2) is 0 Å².